The number of carboxylic acids is 1. The molecule has 6 nitrogen and oxygen atoms in total. The average molecular weight is 270 g/mol. The molecule has 0 spiro atoms. The number of piperidine rings is 1. The summed E-state index contributed by atoms with van der Waals surface area (Å²) in [7, 11) is 0. The molecule has 1 aromatic rings. The van der Waals surface area contributed by atoms with Crippen molar-refractivity contribution in [1.29, 1.82) is 0 Å². The summed E-state index contributed by atoms with van der Waals surface area (Å²) in [5, 5.41) is 18.3. The minimum Gasteiger partial charge on any atom is -0.476 e. The van der Waals surface area contributed by atoms with Crippen LogP contribution >= 0.6 is 11.3 Å². The van der Waals surface area contributed by atoms with Crippen molar-refractivity contribution in [3.8, 4) is 0 Å². The van der Waals surface area contributed by atoms with Crippen molar-refractivity contribution in [2.75, 3.05) is 13.1 Å². The molecule has 98 valence electrons. The summed E-state index contributed by atoms with van der Waals surface area (Å²) in [5.74, 6) is -1.30. The van der Waals surface area contributed by atoms with Crippen LogP contribution < -0.4 is 0 Å². The van der Waals surface area contributed by atoms with Crippen molar-refractivity contribution < 1.29 is 19.8 Å². The third-order valence-corrected chi connectivity index (χ3v) is 4.02. The first kappa shape index (κ1) is 13.0. The summed E-state index contributed by atoms with van der Waals surface area (Å²) < 4.78 is 0. The summed E-state index contributed by atoms with van der Waals surface area (Å²) >= 11 is 0.880. The third kappa shape index (κ3) is 2.51. The Kier molecular flexibility index (Phi) is 3.63. The van der Waals surface area contributed by atoms with Crippen LogP contribution in [0.1, 0.15) is 32.8 Å². The first-order valence-electron chi connectivity index (χ1n) is 5.65. The van der Waals surface area contributed by atoms with E-state index in [4.69, 9.17) is 5.11 Å². The summed E-state index contributed by atoms with van der Waals surface area (Å²) in [6, 6.07) is 0. The Morgan fingerprint density at radius 1 is 1.56 bits per heavy atom. The lowest BCUT2D eigenvalue weighted by atomic mass is 9.97. The van der Waals surface area contributed by atoms with Gasteiger partial charge in [0.1, 0.15) is 4.88 Å². The van der Waals surface area contributed by atoms with Gasteiger partial charge in [0.2, 0.25) is 5.01 Å². The topological polar surface area (TPSA) is 90.7 Å². The van der Waals surface area contributed by atoms with Gasteiger partial charge >= 0.3 is 5.97 Å². The van der Waals surface area contributed by atoms with Gasteiger partial charge in [-0.15, -0.1) is 11.3 Å². The molecule has 2 heterocycles. The predicted molar refractivity (Wildman–Crippen MR) is 64.8 cm³/mol. The molecule has 1 saturated heterocycles. The van der Waals surface area contributed by atoms with E-state index in [1.807, 2.05) is 6.92 Å². The van der Waals surface area contributed by atoms with Gasteiger partial charge in [0.05, 0.1) is 12.3 Å². The first-order chi connectivity index (χ1) is 8.49. The molecule has 1 aliphatic heterocycles. The van der Waals surface area contributed by atoms with Gasteiger partial charge in [-0.2, -0.15) is 0 Å². The second-order valence-corrected chi connectivity index (χ2v) is 5.45. The van der Waals surface area contributed by atoms with Crippen LogP contribution in [0.3, 0.4) is 0 Å². The minimum absolute atomic E-state index is 0.0366. The number of hydrogen-bond donors (Lipinski definition) is 2. The van der Waals surface area contributed by atoms with Crippen molar-refractivity contribution in [3.63, 3.8) is 0 Å². The van der Waals surface area contributed by atoms with E-state index in [0.717, 1.165) is 11.3 Å². The smallest absolute Gasteiger partial charge is 0.365 e. The lowest BCUT2D eigenvalue weighted by Gasteiger charge is -2.34. The van der Waals surface area contributed by atoms with Crippen LogP contribution in [0.5, 0.6) is 0 Å². The van der Waals surface area contributed by atoms with E-state index < -0.39 is 5.97 Å². The molecule has 1 amide bonds. The number of aliphatic hydroxyl groups excluding tert-OH is 1. The summed E-state index contributed by atoms with van der Waals surface area (Å²) in [6.45, 7) is 2.87. The molecule has 2 unspecified atom stereocenters. The SMILES string of the molecule is CC1CN(C(=O)c2cnc(C(=O)O)s2)CCC1O. The van der Waals surface area contributed by atoms with Crippen LogP contribution in [0.15, 0.2) is 6.20 Å². The van der Waals surface area contributed by atoms with Crippen molar-refractivity contribution in [2.24, 2.45) is 5.92 Å². The molecule has 18 heavy (non-hydrogen) atoms. The fourth-order valence-corrected chi connectivity index (χ4v) is 2.67. The number of hydrogen-bond acceptors (Lipinski definition) is 5. The lowest BCUT2D eigenvalue weighted by Crippen LogP contribution is -2.44. The zero-order valence-corrected chi connectivity index (χ0v) is 10.7. The Bertz CT molecular complexity index is 473. The maximum Gasteiger partial charge on any atom is 0.365 e. The highest BCUT2D eigenvalue weighted by atomic mass is 32.1. The molecule has 2 rings (SSSR count). The molecule has 0 aliphatic carbocycles. The van der Waals surface area contributed by atoms with Crippen LogP contribution in [0, 0.1) is 5.92 Å². The zero-order chi connectivity index (χ0) is 13.3. The Morgan fingerprint density at radius 2 is 2.28 bits per heavy atom. The molecular formula is C11H14N2O4S. The second-order valence-electron chi connectivity index (χ2n) is 4.42. The van der Waals surface area contributed by atoms with Crippen LogP contribution in [-0.2, 0) is 0 Å². The molecule has 1 fully saturated rings. The van der Waals surface area contributed by atoms with Crippen molar-refractivity contribution in [3.05, 3.63) is 16.1 Å². The van der Waals surface area contributed by atoms with Gasteiger partial charge in [0, 0.05) is 13.1 Å². The Hall–Kier alpha value is -1.47. The van der Waals surface area contributed by atoms with E-state index >= 15 is 0 Å². The van der Waals surface area contributed by atoms with Gasteiger partial charge in [-0.25, -0.2) is 9.78 Å². The fraction of sp³-hybridized carbons (Fsp3) is 0.545. The van der Waals surface area contributed by atoms with Gasteiger partial charge in [0.25, 0.3) is 5.91 Å². The van der Waals surface area contributed by atoms with E-state index in [9.17, 15) is 14.7 Å². The van der Waals surface area contributed by atoms with Crippen LogP contribution in [0.25, 0.3) is 0 Å². The van der Waals surface area contributed by atoms with Gasteiger partial charge in [-0.05, 0) is 12.3 Å². The lowest BCUT2D eigenvalue weighted by molar-refractivity contribution is 0.0300. The molecule has 0 radical (unpaired) electrons. The molecule has 1 aromatic heterocycles. The van der Waals surface area contributed by atoms with Gasteiger partial charge < -0.3 is 15.1 Å². The van der Waals surface area contributed by atoms with Crippen molar-refractivity contribution >= 4 is 23.2 Å². The molecule has 7 heteroatoms. The molecule has 0 bridgehead atoms. The molecule has 1 aliphatic rings. The van der Waals surface area contributed by atoms with Crippen LogP contribution in [-0.4, -0.2) is 51.2 Å². The number of nitrogens with zero attached hydrogens (tertiary/aromatic N) is 2. The monoisotopic (exact) mass is 270 g/mol. The molecule has 2 N–H and O–H groups in total. The highest BCUT2D eigenvalue weighted by Gasteiger charge is 2.28. The normalized spacial score (nSPS) is 24.0. The number of likely N-dealkylation sites (tertiary alicyclic amines) is 1. The fourth-order valence-electron chi connectivity index (χ4n) is 1.95. The van der Waals surface area contributed by atoms with E-state index in [1.54, 1.807) is 4.90 Å². The first-order valence-corrected chi connectivity index (χ1v) is 6.47. The molecular weight excluding hydrogens is 256 g/mol. The van der Waals surface area contributed by atoms with E-state index in [1.165, 1.54) is 6.20 Å². The maximum absolute atomic E-state index is 12.1. The number of carboxylic acid groups (broad SMARTS) is 1. The summed E-state index contributed by atoms with van der Waals surface area (Å²) in [4.78, 5) is 28.5. The number of carbonyl (C=O) groups is 2. The summed E-state index contributed by atoms with van der Waals surface area (Å²) in [5.41, 5.74) is 0. The predicted octanol–water partition coefficient (Wildman–Crippen LogP) is 0.684. The quantitative estimate of drug-likeness (QED) is 0.825. The van der Waals surface area contributed by atoms with Gasteiger partial charge in [-0.1, -0.05) is 6.92 Å². The number of rotatable bonds is 2. The Balaban J connectivity index is 2.09. The number of aromatic carboxylic acids is 1. The maximum atomic E-state index is 12.1. The molecule has 0 saturated carbocycles. The van der Waals surface area contributed by atoms with Crippen molar-refractivity contribution in [2.45, 2.75) is 19.4 Å². The average Bonchev–Trinajstić information content (AvgIpc) is 2.81. The Morgan fingerprint density at radius 3 is 2.83 bits per heavy atom. The largest absolute Gasteiger partial charge is 0.476 e. The van der Waals surface area contributed by atoms with E-state index in [0.29, 0.717) is 24.4 Å². The highest BCUT2D eigenvalue weighted by Crippen LogP contribution is 2.21. The van der Waals surface area contributed by atoms with Crippen LogP contribution in [0.2, 0.25) is 0 Å². The molecule has 0 aromatic carbocycles. The number of aromatic nitrogens is 1. The Labute approximate surface area is 108 Å². The second kappa shape index (κ2) is 5.03. The number of thiazole rings is 1. The van der Waals surface area contributed by atoms with Gasteiger partial charge in [-0.3, -0.25) is 4.79 Å². The highest BCUT2D eigenvalue weighted by molar-refractivity contribution is 7.15. The summed E-state index contributed by atoms with van der Waals surface area (Å²) in [6.07, 6.45) is 1.48. The minimum atomic E-state index is -1.12. The standard InChI is InChI=1S/C11H14N2O4S/c1-6-5-13(3-2-7(6)14)10(15)8-4-12-9(18-8)11(16)17/h4,6-7,14H,2-3,5H2,1H3,(H,16,17). The number of carbonyl (C=O) groups excluding carboxylic acids is 1. The van der Waals surface area contributed by atoms with E-state index in [-0.39, 0.29) is 22.9 Å². The molecule has 2 atom stereocenters. The third-order valence-electron chi connectivity index (χ3n) is 3.05. The van der Waals surface area contributed by atoms with E-state index in [2.05, 4.69) is 4.98 Å². The van der Waals surface area contributed by atoms with Crippen molar-refractivity contribution in [1.82, 2.24) is 9.88 Å². The van der Waals surface area contributed by atoms with Gasteiger partial charge in [0.15, 0.2) is 0 Å². The number of amides is 1. The number of aliphatic hydroxyl groups is 1. The zero-order valence-electron chi connectivity index (χ0n) is 9.87. The van der Waals surface area contributed by atoms with Crippen LogP contribution in [0.4, 0.5) is 0 Å².